The highest BCUT2D eigenvalue weighted by atomic mass is 16.1. The molecule has 0 amide bonds. The number of piperidine rings is 1. The van der Waals surface area contributed by atoms with Crippen LogP contribution in [0.3, 0.4) is 0 Å². The Morgan fingerprint density at radius 1 is 1.36 bits per heavy atom. The second kappa shape index (κ2) is 4.14. The van der Waals surface area contributed by atoms with Crippen molar-refractivity contribution in [2.75, 3.05) is 6.54 Å². The molecule has 0 aromatic carbocycles. The summed E-state index contributed by atoms with van der Waals surface area (Å²) in [6.07, 6.45) is 11.2. The van der Waals surface area contributed by atoms with Gasteiger partial charge in [0.15, 0.2) is 0 Å². The number of hydrogen-bond donors (Lipinski definition) is 0. The van der Waals surface area contributed by atoms with Gasteiger partial charge in [-0.25, -0.2) is 0 Å². The van der Waals surface area contributed by atoms with Crippen molar-refractivity contribution in [2.24, 2.45) is 0 Å². The largest absolute Gasteiger partial charge is 0.300 e. The maximum atomic E-state index is 11.3. The Morgan fingerprint density at radius 3 is 2.57 bits per heavy atom. The monoisotopic (exact) mass is 191 g/mol. The summed E-state index contributed by atoms with van der Waals surface area (Å²) in [6, 6.07) is 1.08. The number of terminal acetylenes is 1. The number of rotatable bonds is 3. The van der Waals surface area contributed by atoms with Crippen molar-refractivity contribution in [1.82, 2.24) is 4.90 Å². The Morgan fingerprint density at radius 2 is 2.00 bits per heavy atom. The van der Waals surface area contributed by atoms with E-state index < -0.39 is 0 Å². The van der Waals surface area contributed by atoms with Gasteiger partial charge in [-0.1, -0.05) is 0 Å². The van der Waals surface area contributed by atoms with E-state index in [9.17, 15) is 4.79 Å². The molecular weight excluding hydrogens is 174 g/mol. The van der Waals surface area contributed by atoms with Gasteiger partial charge in [-0.2, -0.15) is 0 Å². The van der Waals surface area contributed by atoms with Crippen LogP contribution in [0.1, 0.15) is 38.5 Å². The van der Waals surface area contributed by atoms with Crippen molar-refractivity contribution in [3.63, 3.8) is 0 Å². The summed E-state index contributed by atoms with van der Waals surface area (Å²) in [6.45, 7) is 1.09. The SMILES string of the molecule is C#CCCCN1C2CCC1CC(=O)C2. The molecule has 2 aliphatic heterocycles. The molecule has 0 N–H and O–H groups in total. The molecule has 2 heterocycles. The quantitative estimate of drug-likeness (QED) is 0.499. The van der Waals surface area contributed by atoms with E-state index in [1.54, 1.807) is 0 Å². The molecule has 2 nitrogen and oxygen atoms in total. The molecular formula is C12H17NO. The first-order valence-corrected chi connectivity index (χ1v) is 5.52. The number of hydrogen-bond acceptors (Lipinski definition) is 2. The van der Waals surface area contributed by atoms with Crippen molar-refractivity contribution in [1.29, 1.82) is 0 Å². The second-order valence-electron chi connectivity index (χ2n) is 4.38. The lowest BCUT2D eigenvalue weighted by Gasteiger charge is -2.33. The average molecular weight is 191 g/mol. The van der Waals surface area contributed by atoms with E-state index in [4.69, 9.17) is 6.42 Å². The molecule has 0 radical (unpaired) electrons. The van der Waals surface area contributed by atoms with Crippen LogP contribution in [-0.4, -0.2) is 29.3 Å². The number of ketones is 1. The number of nitrogens with zero attached hydrogens (tertiary/aromatic N) is 1. The van der Waals surface area contributed by atoms with Gasteiger partial charge in [0.25, 0.3) is 0 Å². The van der Waals surface area contributed by atoms with Crippen LogP contribution in [0.4, 0.5) is 0 Å². The fraction of sp³-hybridized carbons (Fsp3) is 0.750. The molecule has 0 saturated carbocycles. The van der Waals surface area contributed by atoms with Gasteiger partial charge in [0.2, 0.25) is 0 Å². The summed E-state index contributed by atoms with van der Waals surface area (Å²) in [5.41, 5.74) is 0. The van der Waals surface area contributed by atoms with Gasteiger partial charge in [0, 0.05) is 31.3 Å². The van der Waals surface area contributed by atoms with Crippen molar-refractivity contribution < 1.29 is 4.79 Å². The zero-order valence-electron chi connectivity index (χ0n) is 8.54. The van der Waals surface area contributed by atoms with Crippen molar-refractivity contribution >= 4 is 5.78 Å². The van der Waals surface area contributed by atoms with E-state index in [2.05, 4.69) is 10.8 Å². The molecule has 14 heavy (non-hydrogen) atoms. The van der Waals surface area contributed by atoms with E-state index in [0.717, 1.165) is 32.2 Å². The first-order valence-electron chi connectivity index (χ1n) is 5.52. The van der Waals surface area contributed by atoms with Gasteiger partial charge >= 0.3 is 0 Å². The number of unbranched alkanes of at least 4 members (excludes halogenated alkanes) is 1. The van der Waals surface area contributed by atoms with Crippen LogP contribution in [-0.2, 0) is 4.79 Å². The summed E-state index contributed by atoms with van der Waals surface area (Å²) >= 11 is 0. The predicted octanol–water partition coefficient (Wildman–Crippen LogP) is 1.60. The molecule has 2 heteroatoms. The lowest BCUT2D eigenvalue weighted by molar-refractivity contribution is -0.123. The van der Waals surface area contributed by atoms with E-state index in [1.807, 2.05) is 0 Å². The van der Waals surface area contributed by atoms with Crippen LogP contribution >= 0.6 is 0 Å². The fourth-order valence-corrected chi connectivity index (χ4v) is 2.79. The lowest BCUT2D eigenvalue weighted by Crippen LogP contribution is -2.43. The topological polar surface area (TPSA) is 20.3 Å². The van der Waals surface area contributed by atoms with E-state index in [-0.39, 0.29) is 0 Å². The molecule has 0 aliphatic carbocycles. The zero-order valence-corrected chi connectivity index (χ0v) is 8.54. The molecule has 2 bridgehead atoms. The summed E-state index contributed by atoms with van der Waals surface area (Å²) in [7, 11) is 0. The smallest absolute Gasteiger partial charge is 0.136 e. The highest BCUT2D eigenvalue weighted by molar-refractivity contribution is 5.80. The van der Waals surface area contributed by atoms with Crippen LogP contribution in [0.25, 0.3) is 0 Å². The average Bonchev–Trinajstić information content (AvgIpc) is 2.42. The molecule has 0 aromatic heterocycles. The van der Waals surface area contributed by atoms with Crippen molar-refractivity contribution in [3.8, 4) is 12.3 Å². The van der Waals surface area contributed by atoms with Gasteiger partial charge < -0.3 is 0 Å². The third-order valence-electron chi connectivity index (χ3n) is 3.44. The predicted molar refractivity (Wildman–Crippen MR) is 55.8 cm³/mol. The minimum absolute atomic E-state index is 0.464. The molecule has 2 saturated heterocycles. The Balaban J connectivity index is 1.88. The van der Waals surface area contributed by atoms with Gasteiger partial charge in [0.05, 0.1) is 0 Å². The van der Waals surface area contributed by atoms with Crippen LogP contribution in [0.5, 0.6) is 0 Å². The third-order valence-corrected chi connectivity index (χ3v) is 3.44. The lowest BCUT2D eigenvalue weighted by atomic mass is 10.0. The molecule has 2 rings (SSSR count). The molecule has 2 atom stereocenters. The van der Waals surface area contributed by atoms with Crippen LogP contribution < -0.4 is 0 Å². The first kappa shape index (κ1) is 9.73. The minimum Gasteiger partial charge on any atom is -0.300 e. The van der Waals surface area contributed by atoms with E-state index in [0.29, 0.717) is 17.9 Å². The van der Waals surface area contributed by atoms with Gasteiger partial charge in [-0.15, -0.1) is 12.3 Å². The third kappa shape index (κ3) is 1.83. The van der Waals surface area contributed by atoms with Gasteiger partial charge in [0.1, 0.15) is 5.78 Å². The number of carbonyl (C=O) groups is 1. The van der Waals surface area contributed by atoms with Crippen LogP contribution in [0.2, 0.25) is 0 Å². The summed E-state index contributed by atoms with van der Waals surface area (Å²) in [4.78, 5) is 13.9. The Hall–Kier alpha value is -0.810. The first-order chi connectivity index (χ1) is 6.81. The fourth-order valence-electron chi connectivity index (χ4n) is 2.79. The molecule has 76 valence electrons. The number of carbonyl (C=O) groups excluding carboxylic acids is 1. The maximum Gasteiger partial charge on any atom is 0.136 e. The van der Waals surface area contributed by atoms with Crippen LogP contribution in [0, 0.1) is 12.3 Å². The highest BCUT2D eigenvalue weighted by Crippen LogP contribution is 2.33. The van der Waals surface area contributed by atoms with Crippen molar-refractivity contribution in [3.05, 3.63) is 0 Å². The number of Topliss-reactive ketones (excluding diaryl/α,β-unsaturated/α-hetero) is 1. The molecule has 0 aromatic rings. The van der Waals surface area contributed by atoms with Crippen LogP contribution in [0.15, 0.2) is 0 Å². The Labute approximate surface area is 85.7 Å². The molecule has 2 fully saturated rings. The maximum absolute atomic E-state index is 11.3. The van der Waals surface area contributed by atoms with E-state index in [1.165, 1.54) is 12.8 Å². The molecule has 0 spiro atoms. The van der Waals surface area contributed by atoms with Crippen molar-refractivity contribution in [2.45, 2.75) is 50.6 Å². The number of fused-ring (bicyclic) bond motifs is 2. The summed E-state index contributed by atoms with van der Waals surface area (Å²) in [5, 5.41) is 0. The molecule has 2 aliphatic rings. The summed E-state index contributed by atoms with van der Waals surface area (Å²) in [5.74, 6) is 3.14. The Kier molecular flexibility index (Phi) is 2.88. The minimum atomic E-state index is 0.464. The normalized spacial score (nSPS) is 31.8. The van der Waals surface area contributed by atoms with Gasteiger partial charge in [-0.3, -0.25) is 9.69 Å². The zero-order chi connectivity index (χ0) is 9.97. The molecule has 2 unspecified atom stereocenters. The Bertz CT molecular complexity index is 250. The second-order valence-corrected chi connectivity index (χ2v) is 4.38. The highest BCUT2D eigenvalue weighted by Gasteiger charge is 2.39. The standard InChI is InChI=1S/C12H17NO/c1-2-3-4-7-13-10-5-6-11(13)9-12(14)8-10/h1,10-11H,3-9H2. The van der Waals surface area contributed by atoms with Gasteiger partial charge in [-0.05, 0) is 25.8 Å². The summed E-state index contributed by atoms with van der Waals surface area (Å²) < 4.78 is 0. The van der Waals surface area contributed by atoms with E-state index >= 15 is 0 Å².